The summed E-state index contributed by atoms with van der Waals surface area (Å²) in [5.74, 6) is -0.00743. The van der Waals surface area contributed by atoms with Gasteiger partial charge in [0.05, 0.1) is 5.57 Å². The first-order chi connectivity index (χ1) is 11.0. The van der Waals surface area contributed by atoms with Crippen LogP contribution in [-0.4, -0.2) is 18.0 Å². The van der Waals surface area contributed by atoms with Gasteiger partial charge in [0, 0.05) is 5.71 Å². The van der Waals surface area contributed by atoms with Gasteiger partial charge in [-0.25, -0.2) is 0 Å². The molecule has 2 aromatic carbocycles. The fourth-order valence-electron chi connectivity index (χ4n) is 3.12. The zero-order valence-electron chi connectivity index (χ0n) is 13.2. The van der Waals surface area contributed by atoms with E-state index in [0.717, 1.165) is 10.9 Å². The first kappa shape index (κ1) is 15.1. The van der Waals surface area contributed by atoms with Gasteiger partial charge < -0.3 is 15.3 Å². The average molecular weight is 305 g/mol. The summed E-state index contributed by atoms with van der Waals surface area (Å²) in [6, 6.07) is 19.5. The summed E-state index contributed by atoms with van der Waals surface area (Å²) in [5, 5.41) is 0. The van der Waals surface area contributed by atoms with Crippen molar-refractivity contribution in [1.82, 2.24) is 0 Å². The molecule has 0 fully saturated rings. The number of ketones is 1. The van der Waals surface area contributed by atoms with E-state index in [1.807, 2.05) is 60.7 Å². The van der Waals surface area contributed by atoms with Gasteiger partial charge in [-0.3, -0.25) is 4.79 Å². The van der Waals surface area contributed by atoms with Crippen LogP contribution in [-0.2, 0) is 9.45 Å². The maximum absolute atomic E-state index is 11.8. The molecule has 0 amide bonds. The van der Waals surface area contributed by atoms with Crippen LogP contribution in [0.3, 0.4) is 0 Å². The summed E-state index contributed by atoms with van der Waals surface area (Å²) < 4.78 is 6.10. The largest absolute Gasteiger partial charge is 0.676 e. The number of Topliss-reactive ketones (excluding diaryl/α,β-unsaturated/α-hetero) is 1. The zero-order valence-corrected chi connectivity index (χ0v) is 13.2. The summed E-state index contributed by atoms with van der Waals surface area (Å²) >= 11 is 0. The number of nitrogens with two attached hydrogens (primary N) is 1. The second-order valence-corrected chi connectivity index (χ2v) is 5.69. The molecular formula is C18H18BN2O2-. The molecule has 5 heteroatoms. The fraction of sp³-hybridized carbons (Fsp3) is 0.111. The normalized spacial score (nSPS) is 16.5. The average Bonchev–Trinajstić information content (AvgIpc) is 2.55. The van der Waals surface area contributed by atoms with Gasteiger partial charge in [0.2, 0.25) is 0 Å². The van der Waals surface area contributed by atoms with E-state index >= 15 is 0 Å². The fourth-order valence-corrected chi connectivity index (χ4v) is 3.12. The molecule has 1 aliphatic rings. The minimum absolute atomic E-state index is 0.137. The lowest BCUT2D eigenvalue weighted by molar-refractivity contribution is -0.113. The number of carbonyl (C=O) groups is 1. The smallest absolute Gasteiger partial charge is 0.336 e. The molecule has 0 saturated heterocycles. The third kappa shape index (κ3) is 2.54. The van der Waals surface area contributed by atoms with Crippen LogP contribution < -0.4 is 16.7 Å². The molecule has 1 heterocycles. The molecule has 0 aromatic heterocycles. The van der Waals surface area contributed by atoms with E-state index < -0.39 is 6.48 Å². The molecule has 1 aliphatic heterocycles. The van der Waals surface area contributed by atoms with Crippen molar-refractivity contribution >= 4 is 28.9 Å². The first-order valence-corrected chi connectivity index (χ1v) is 7.56. The van der Waals surface area contributed by atoms with Crippen LogP contribution in [0.1, 0.15) is 13.8 Å². The molecule has 0 bridgehead atoms. The minimum Gasteiger partial charge on any atom is -0.676 e. The van der Waals surface area contributed by atoms with Gasteiger partial charge in [0.1, 0.15) is 5.88 Å². The molecule has 116 valence electrons. The van der Waals surface area contributed by atoms with E-state index in [1.165, 1.54) is 6.92 Å². The highest BCUT2D eigenvalue weighted by Crippen LogP contribution is 2.21. The van der Waals surface area contributed by atoms with Gasteiger partial charge in [0.25, 0.3) is 0 Å². The van der Waals surface area contributed by atoms with Crippen molar-refractivity contribution in [2.75, 3.05) is 0 Å². The summed E-state index contributed by atoms with van der Waals surface area (Å²) in [4.78, 5) is 16.6. The molecular weight excluding hydrogens is 287 g/mol. The van der Waals surface area contributed by atoms with Crippen LogP contribution in [0.2, 0.25) is 0 Å². The molecule has 2 aromatic rings. The van der Waals surface area contributed by atoms with E-state index in [1.54, 1.807) is 6.92 Å². The third-order valence-electron chi connectivity index (χ3n) is 4.14. The first-order valence-electron chi connectivity index (χ1n) is 7.56. The standard InChI is InChI=1S/C18H18BN2O2/c1-13-17(14(2)22)18(20)23-19(21-13,15-9-5-3-6-10-15)16-11-7-4-8-12-16/h3-12H,20H2,1-2H3/q-1. The molecule has 0 saturated carbocycles. The molecule has 23 heavy (non-hydrogen) atoms. The maximum atomic E-state index is 11.8. The Morgan fingerprint density at radius 1 is 1.00 bits per heavy atom. The lowest BCUT2D eigenvalue weighted by atomic mass is 9.42. The second kappa shape index (κ2) is 5.76. The molecule has 0 radical (unpaired) electrons. The molecule has 0 aliphatic carbocycles. The Balaban J connectivity index is 2.24. The Bertz CT molecular complexity index is 759. The molecule has 2 N–H and O–H groups in total. The number of allylic oxidation sites excluding steroid dienone is 1. The summed E-state index contributed by atoms with van der Waals surface area (Å²) in [7, 11) is 0. The van der Waals surface area contributed by atoms with Crippen molar-refractivity contribution in [2.24, 2.45) is 10.6 Å². The number of nitrogens with zero attached hydrogens (tertiary/aromatic N) is 1. The molecule has 3 rings (SSSR count). The summed E-state index contributed by atoms with van der Waals surface area (Å²) in [6.07, 6.45) is 0. The third-order valence-corrected chi connectivity index (χ3v) is 4.14. The van der Waals surface area contributed by atoms with Crippen molar-refractivity contribution in [3.63, 3.8) is 0 Å². The predicted octanol–water partition coefficient (Wildman–Crippen LogP) is 1.49. The number of benzene rings is 2. The number of hydrogen-bond donors (Lipinski definition) is 1. The van der Waals surface area contributed by atoms with Crippen molar-refractivity contribution in [1.29, 1.82) is 0 Å². The van der Waals surface area contributed by atoms with E-state index in [2.05, 4.69) is 0 Å². The van der Waals surface area contributed by atoms with Crippen LogP contribution in [0.15, 0.2) is 77.0 Å². The molecule has 0 spiro atoms. The quantitative estimate of drug-likeness (QED) is 0.874. The lowest BCUT2D eigenvalue weighted by Gasteiger charge is -2.44. The summed E-state index contributed by atoms with van der Waals surface area (Å²) in [6.45, 7) is 1.37. The number of carbonyl (C=O) groups excluding carboxylic acids is 1. The Labute approximate surface area is 135 Å². The van der Waals surface area contributed by atoms with Crippen molar-refractivity contribution in [3.05, 3.63) is 72.1 Å². The van der Waals surface area contributed by atoms with Crippen molar-refractivity contribution in [3.8, 4) is 0 Å². The predicted molar refractivity (Wildman–Crippen MR) is 94.0 cm³/mol. The Kier molecular flexibility index (Phi) is 3.78. The molecule has 0 atom stereocenters. The van der Waals surface area contributed by atoms with Crippen LogP contribution in [0, 0.1) is 0 Å². The van der Waals surface area contributed by atoms with Gasteiger partial charge >= 0.3 is 6.48 Å². The van der Waals surface area contributed by atoms with E-state index in [4.69, 9.17) is 15.3 Å². The van der Waals surface area contributed by atoms with E-state index in [9.17, 15) is 4.79 Å². The minimum atomic E-state index is -1.89. The van der Waals surface area contributed by atoms with Crippen LogP contribution in [0.5, 0.6) is 0 Å². The topological polar surface area (TPSA) is 64.7 Å². The van der Waals surface area contributed by atoms with Gasteiger partial charge in [-0.1, -0.05) is 60.7 Å². The lowest BCUT2D eigenvalue weighted by Crippen LogP contribution is -2.62. The van der Waals surface area contributed by atoms with Crippen molar-refractivity contribution in [2.45, 2.75) is 13.8 Å². The SMILES string of the molecule is CC(=O)C1=C(N)O[B-](c2ccccc2)(c2ccccc2)N=C1C. The molecule has 0 unspecified atom stereocenters. The van der Waals surface area contributed by atoms with Crippen LogP contribution in [0.25, 0.3) is 0 Å². The molecule has 4 nitrogen and oxygen atoms in total. The van der Waals surface area contributed by atoms with E-state index in [-0.39, 0.29) is 11.7 Å². The van der Waals surface area contributed by atoms with Gasteiger partial charge in [-0.2, -0.15) is 0 Å². The highest BCUT2D eigenvalue weighted by atomic mass is 16.5. The number of hydrogen-bond acceptors (Lipinski definition) is 4. The van der Waals surface area contributed by atoms with Gasteiger partial charge in [-0.05, 0) is 13.8 Å². The number of rotatable bonds is 3. The van der Waals surface area contributed by atoms with E-state index in [0.29, 0.717) is 11.3 Å². The highest BCUT2D eigenvalue weighted by Gasteiger charge is 2.36. The maximum Gasteiger partial charge on any atom is 0.336 e. The van der Waals surface area contributed by atoms with Crippen LogP contribution in [0.4, 0.5) is 0 Å². The summed E-state index contributed by atoms with van der Waals surface area (Å²) in [5.41, 5.74) is 8.89. The second-order valence-electron chi connectivity index (χ2n) is 5.69. The van der Waals surface area contributed by atoms with Crippen molar-refractivity contribution < 1.29 is 9.45 Å². The van der Waals surface area contributed by atoms with Crippen LogP contribution >= 0.6 is 0 Å². The Morgan fingerprint density at radius 3 is 1.87 bits per heavy atom. The van der Waals surface area contributed by atoms with Gasteiger partial charge in [-0.15, -0.1) is 10.9 Å². The Morgan fingerprint density at radius 2 is 1.48 bits per heavy atom. The highest BCUT2D eigenvalue weighted by molar-refractivity contribution is 6.97. The van der Waals surface area contributed by atoms with Gasteiger partial charge in [0.15, 0.2) is 5.78 Å². The Hall–Kier alpha value is -2.82. The monoisotopic (exact) mass is 305 g/mol. The zero-order chi connectivity index (χ0) is 16.4.